The fourth-order valence-corrected chi connectivity index (χ4v) is 3.96. The molecule has 0 fully saturated rings. The molecule has 2 aromatic carbocycles. The van der Waals surface area contributed by atoms with E-state index in [4.69, 9.17) is 0 Å². The Labute approximate surface area is 181 Å². The van der Waals surface area contributed by atoms with E-state index in [9.17, 15) is 0 Å². The first kappa shape index (κ1) is 24.5. The quantitative estimate of drug-likeness (QED) is 0.440. The van der Waals surface area contributed by atoms with E-state index in [-0.39, 0.29) is 37.2 Å². The topological polar surface area (TPSA) is 0 Å². The maximum atomic E-state index is 2.44. The summed E-state index contributed by atoms with van der Waals surface area (Å²) in [7, 11) is 0. The van der Waals surface area contributed by atoms with Crippen LogP contribution < -0.4 is 37.2 Å². The summed E-state index contributed by atoms with van der Waals surface area (Å²) in [5, 5.41) is 0. The second-order valence-corrected chi connectivity index (χ2v) is 6.77. The molecule has 0 amide bonds. The Morgan fingerprint density at radius 3 is 1.76 bits per heavy atom. The van der Waals surface area contributed by atoms with E-state index in [1.165, 1.54) is 27.8 Å². The Kier molecular flexibility index (Phi) is 11.8. The van der Waals surface area contributed by atoms with Crippen molar-refractivity contribution in [2.45, 2.75) is 32.1 Å². The van der Waals surface area contributed by atoms with Crippen molar-refractivity contribution in [1.82, 2.24) is 0 Å². The van der Waals surface area contributed by atoms with Gasteiger partial charge in [-0.1, -0.05) is 0 Å². The van der Waals surface area contributed by atoms with E-state index in [0.29, 0.717) is 5.92 Å². The largest absolute Gasteiger partial charge is 1.00 e. The smallest absolute Gasteiger partial charge is 1.00 e. The van der Waals surface area contributed by atoms with Crippen molar-refractivity contribution in [2.24, 2.45) is 0 Å². The maximum absolute atomic E-state index is 2.44. The number of allylic oxidation sites excluding steroid dienone is 4. The predicted octanol–water partition coefficient (Wildman–Crippen LogP) is -3.24. The van der Waals surface area contributed by atoms with Gasteiger partial charge < -0.3 is 37.2 Å². The number of rotatable bonds is 5. The van der Waals surface area contributed by atoms with Crippen LogP contribution in [0.5, 0.6) is 0 Å². The minimum absolute atomic E-state index is 0. The van der Waals surface area contributed by atoms with Gasteiger partial charge in [0.25, 0.3) is 0 Å². The molecular weight excluding hydrogens is 406 g/mol. The van der Waals surface area contributed by atoms with Gasteiger partial charge in [-0.15, -0.1) is 0 Å². The molecule has 0 aliphatic heterocycles. The molecule has 0 bridgehead atoms. The zero-order chi connectivity index (χ0) is 15.4. The molecule has 0 aromatic heterocycles. The van der Waals surface area contributed by atoms with Crippen molar-refractivity contribution < 1.29 is 57.7 Å². The van der Waals surface area contributed by atoms with Crippen LogP contribution in [0.4, 0.5) is 0 Å². The summed E-state index contributed by atoms with van der Waals surface area (Å²) in [6.45, 7) is 2.27. The molecule has 1 aliphatic carbocycles. The van der Waals surface area contributed by atoms with Crippen molar-refractivity contribution >= 4 is 0 Å². The number of halogens is 3. The van der Waals surface area contributed by atoms with Crippen LogP contribution in [0.1, 0.15) is 43.2 Å². The molecule has 0 saturated heterocycles. The SMILES string of the molecule is CCCC1=CC[C]([Ti+3])=C1C(c1ccccc1)c1ccccc1.[Cl-].[Cl-].[Cl-]. The van der Waals surface area contributed by atoms with Gasteiger partial charge in [-0.05, 0) is 0 Å². The summed E-state index contributed by atoms with van der Waals surface area (Å²) in [6, 6.07) is 21.9. The minimum Gasteiger partial charge on any atom is -1.00 e. The number of benzene rings is 2. The molecule has 0 nitrogen and oxygen atoms in total. The van der Waals surface area contributed by atoms with Gasteiger partial charge in [0, 0.05) is 0 Å². The molecule has 0 N–H and O–H groups in total. The van der Waals surface area contributed by atoms with Gasteiger partial charge in [-0.3, -0.25) is 0 Å². The van der Waals surface area contributed by atoms with Crippen LogP contribution in [-0.2, 0) is 20.4 Å². The van der Waals surface area contributed by atoms with E-state index in [0.717, 1.165) is 6.42 Å². The number of hydrogen-bond donors (Lipinski definition) is 0. The normalized spacial score (nSPS) is 12.9. The van der Waals surface area contributed by atoms with Crippen LogP contribution in [0.25, 0.3) is 0 Å². The Morgan fingerprint density at radius 1 is 0.840 bits per heavy atom. The molecule has 2 aromatic rings. The van der Waals surface area contributed by atoms with Crippen LogP contribution in [0.15, 0.2) is 81.8 Å². The van der Waals surface area contributed by atoms with Crippen LogP contribution in [0, 0.1) is 0 Å². The molecular formula is C21H21Cl3Ti. The summed E-state index contributed by atoms with van der Waals surface area (Å²) in [5.74, 6) is 0.364. The first-order chi connectivity index (χ1) is 10.8. The molecule has 0 heterocycles. The Balaban J connectivity index is 0.00000192. The Hall–Kier alpha value is -0.496. The van der Waals surface area contributed by atoms with E-state index >= 15 is 0 Å². The zero-order valence-electron chi connectivity index (χ0n) is 14.2. The van der Waals surface area contributed by atoms with E-state index in [1.807, 2.05) is 0 Å². The second-order valence-electron chi connectivity index (χ2n) is 5.83. The van der Waals surface area contributed by atoms with Crippen molar-refractivity contribution in [3.8, 4) is 0 Å². The van der Waals surface area contributed by atoms with Crippen molar-refractivity contribution in [1.29, 1.82) is 0 Å². The van der Waals surface area contributed by atoms with Gasteiger partial charge in [-0.25, -0.2) is 0 Å². The molecule has 0 radical (unpaired) electrons. The van der Waals surface area contributed by atoms with E-state index in [1.54, 1.807) is 11.1 Å². The summed E-state index contributed by atoms with van der Waals surface area (Å²) >= 11 is 2.30. The standard InChI is InChI=1S/C21H21.3ClH.Ti/c1-2-10-17-15-9-16-20(17)21(18-11-5-3-6-12-18)19-13-7-4-8-14-19;;;;/h3-8,11-15,21H,2,9-10H2,1H3;3*1H;/q;;;;+3/p-3. The third-order valence-electron chi connectivity index (χ3n) is 4.30. The first-order valence-electron chi connectivity index (χ1n) is 8.05. The van der Waals surface area contributed by atoms with Crippen molar-refractivity contribution in [3.63, 3.8) is 0 Å². The van der Waals surface area contributed by atoms with Gasteiger partial charge in [0.05, 0.1) is 0 Å². The summed E-state index contributed by atoms with van der Waals surface area (Å²) in [5.41, 5.74) is 5.90. The zero-order valence-corrected chi connectivity index (χ0v) is 18.0. The summed E-state index contributed by atoms with van der Waals surface area (Å²) in [4.78, 5) is 0. The molecule has 4 heteroatoms. The monoisotopic (exact) mass is 426 g/mol. The van der Waals surface area contributed by atoms with Gasteiger partial charge in [0.2, 0.25) is 0 Å². The molecule has 130 valence electrons. The van der Waals surface area contributed by atoms with Gasteiger partial charge >= 0.3 is 145 Å². The summed E-state index contributed by atoms with van der Waals surface area (Å²) in [6.07, 6.45) is 5.94. The fourth-order valence-electron chi connectivity index (χ4n) is 3.32. The average Bonchev–Trinajstić information content (AvgIpc) is 2.92. The van der Waals surface area contributed by atoms with Crippen LogP contribution >= 0.6 is 0 Å². The third kappa shape index (κ3) is 5.74. The van der Waals surface area contributed by atoms with Crippen molar-refractivity contribution in [2.75, 3.05) is 0 Å². The first-order valence-corrected chi connectivity index (χ1v) is 8.83. The van der Waals surface area contributed by atoms with Crippen LogP contribution in [0.3, 0.4) is 0 Å². The Morgan fingerprint density at radius 2 is 1.32 bits per heavy atom. The number of hydrogen-bond acceptors (Lipinski definition) is 0. The Bertz CT molecular complexity index is 654. The second kappa shape index (κ2) is 12.0. The molecule has 0 unspecified atom stereocenters. The molecule has 25 heavy (non-hydrogen) atoms. The van der Waals surface area contributed by atoms with Crippen LogP contribution in [-0.4, -0.2) is 0 Å². The molecule has 1 aliphatic rings. The van der Waals surface area contributed by atoms with Gasteiger partial charge in [0.1, 0.15) is 0 Å². The maximum Gasteiger partial charge on any atom is -1.00 e. The average molecular weight is 428 g/mol. The molecule has 3 rings (SSSR count). The van der Waals surface area contributed by atoms with Crippen LogP contribution in [0.2, 0.25) is 0 Å². The van der Waals surface area contributed by atoms with Gasteiger partial charge in [0.15, 0.2) is 0 Å². The van der Waals surface area contributed by atoms with E-state index < -0.39 is 0 Å². The molecule has 0 atom stereocenters. The van der Waals surface area contributed by atoms with E-state index in [2.05, 4.69) is 94.1 Å². The predicted molar refractivity (Wildman–Crippen MR) is 89.4 cm³/mol. The fraction of sp³-hybridized carbons (Fsp3) is 0.238. The third-order valence-corrected chi connectivity index (χ3v) is 5.04. The molecule has 0 spiro atoms. The molecule has 0 saturated carbocycles. The van der Waals surface area contributed by atoms with Crippen molar-refractivity contribution in [3.05, 3.63) is 92.9 Å². The van der Waals surface area contributed by atoms with Gasteiger partial charge in [-0.2, -0.15) is 0 Å². The summed E-state index contributed by atoms with van der Waals surface area (Å²) < 4.78 is 1.53. The minimum atomic E-state index is 0.